The van der Waals surface area contributed by atoms with Gasteiger partial charge < -0.3 is 10.4 Å². The van der Waals surface area contributed by atoms with Crippen LogP contribution in [0, 0.1) is 0 Å². The van der Waals surface area contributed by atoms with Crippen LogP contribution >= 0.6 is 0 Å². The number of carbonyl (C=O) groups is 2. The van der Waals surface area contributed by atoms with Crippen LogP contribution in [0.3, 0.4) is 0 Å². The van der Waals surface area contributed by atoms with E-state index in [9.17, 15) is 9.59 Å². The average Bonchev–Trinajstić information content (AvgIpc) is 2.61. The molecule has 0 aliphatic carbocycles. The summed E-state index contributed by atoms with van der Waals surface area (Å²) in [5.74, 6) is -0.353. The number of phenols is 1. The zero-order valence-electron chi connectivity index (χ0n) is 13.1. The third-order valence-corrected chi connectivity index (χ3v) is 3.21. The monoisotopic (exact) mass is 325 g/mol. The van der Waals surface area contributed by atoms with Gasteiger partial charge >= 0.3 is 0 Å². The number of amides is 2. The van der Waals surface area contributed by atoms with E-state index in [4.69, 9.17) is 5.11 Å². The molecule has 0 bridgehead atoms. The molecule has 2 rings (SSSR count). The molecular weight excluding hydrogens is 306 g/mol. The highest BCUT2D eigenvalue weighted by molar-refractivity contribution is 5.85. The molecule has 0 heterocycles. The number of hydrogen-bond donors (Lipinski definition) is 3. The van der Waals surface area contributed by atoms with Gasteiger partial charge in [0.2, 0.25) is 11.8 Å². The molecule has 124 valence electrons. The Hall–Kier alpha value is -3.15. The molecule has 0 saturated heterocycles. The molecule has 0 radical (unpaired) electrons. The van der Waals surface area contributed by atoms with Crippen LogP contribution in [0.2, 0.25) is 0 Å². The van der Waals surface area contributed by atoms with Crippen molar-refractivity contribution in [1.82, 2.24) is 10.7 Å². The van der Waals surface area contributed by atoms with Gasteiger partial charge in [0.25, 0.3) is 0 Å². The van der Waals surface area contributed by atoms with Gasteiger partial charge in [-0.3, -0.25) is 9.59 Å². The van der Waals surface area contributed by atoms with E-state index in [-0.39, 0.29) is 30.4 Å². The van der Waals surface area contributed by atoms with Crippen LogP contribution in [-0.2, 0) is 16.1 Å². The molecule has 0 aromatic heterocycles. The van der Waals surface area contributed by atoms with Gasteiger partial charge in [-0.05, 0) is 35.4 Å². The summed E-state index contributed by atoms with van der Waals surface area (Å²) in [4.78, 5) is 23.3. The van der Waals surface area contributed by atoms with Gasteiger partial charge in [-0.15, -0.1) is 0 Å². The first-order valence-electron chi connectivity index (χ1n) is 7.55. The number of nitrogens with one attached hydrogen (secondary N) is 2. The zero-order valence-corrected chi connectivity index (χ0v) is 13.1. The first kappa shape index (κ1) is 17.2. The first-order valence-corrected chi connectivity index (χ1v) is 7.55. The number of rotatable bonds is 7. The van der Waals surface area contributed by atoms with Crippen LogP contribution < -0.4 is 10.7 Å². The van der Waals surface area contributed by atoms with Crippen LogP contribution in [0.1, 0.15) is 24.0 Å². The number of phenolic OH excluding ortho intramolecular Hbond substituents is 1. The third-order valence-electron chi connectivity index (χ3n) is 3.21. The van der Waals surface area contributed by atoms with Crippen molar-refractivity contribution in [3.63, 3.8) is 0 Å². The minimum absolute atomic E-state index is 0.0630. The van der Waals surface area contributed by atoms with Crippen LogP contribution in [0.4, 0.5) is 0 Å². The maximum atomic E-state index is 11.7. The fraction of sp³-hybridized carbons (Fsp3) is 0.167. The van der Waals surface area contributed by atoms with Gasteiger partial charge in [-0.2, -0.15) is 5.10 Å². The smallest absolute Gasteiger partial charge is 0.240 e. The van der Waals surface area contributed by atoms with Crippen molar-refractivity contribution in [3.8, 4) is 5.75 Å². The molecule has 2 amide bonds. The normalized spacial score (nSPS) is 10.5. The Kier molecular flexibility index (Phi) is 6.52. The van der Waals surface area contributed by atoms with E-state index in [1.165, 1.54) is 18.3 Å². The summed E-state index contributed by atoms with van der Waals surface area (Å²) in [5.41, 5.74) is 4.12. The molecule has 3 N–H and O–H groups in total. The summed E-state index contributed by atoms with van der Waals surface area (Å²) in [5, 5.41) is 15.7. The van der Waals surface area contributed by atoms with E-state index < -0.39 is 0 Å². The highest BCUT2D eigenvalue weighted by Crippen LogP contribution is 2.07. The summed E-state index contributed by atoms with van der Waals surface area (Å²) < 4.78 is 0. The van der Waals surface area contributed by atoms with Crippen molar-refractivity contribution in [2.24, 2.45) is 5.10 Å². The molecule has 0 aliphatic heterocycles. The molecule has 0 saturated carbocycles. The maximum Gasteiger partial charge on any atom is 0.240 e. The van der Waals surface area contributed by atoms with Gasteiger partial charge in [0.15, 0.2) is 0 Å². The molecule has 2 aromatic rings. The van der Waals surface area contributed by atoms with Crippen LogP contribution in [0.15, 0.2) is 59.7 Å². The van der Waals surface area contributed by atoms with Crippen molar-refractivity contribution in [2.45, 2.75) is 19.4 Å². The molecular formula is C18H19N3O3. The van der Waals surface area contributed by atoms with Crippen LogP contribution in [-0.4, -0.2) is 23.1 Å². The van der Waals surface area contributed by atoms with E-state index in [2.05, 4.69) is 15.8 Å². The van der Waals surface area contributed by atoms with Crippen LogP contribution in [0.5, 0.6) is 5.75 Å². The van der Waals surface area contributed by atoms with E-state index in [0.29, 0.717) is 6.54 Å². The fourth-order valence-corrected chi connectivity index (χ4v) is 1.91. The summed E-state index contributed by atoms with van der Waals surface area (Å²) >= 11 is 0. The molecule has 6 nitrogen and oxygen atoms in total. The second kappa shape index (κ2) is 9.09. The standard InChI is InChI=1S/C18H19N3O3/c22-16-8-6-15(7-9-16)13-20-21-18(24)11-10-17(23)19-12-14-4-2-1-3-5-14/h1-9,13,22H,10-12H2,(H,19,23)(H,21,24)/b20-13+. The minimum Gasteiger partial charge on any atom is -0.508 e. The first-order chi connectivity index (χ1) is 11.6. The predicted octanol–water partition coefficient (Wildman–Crippen LogP) is 1.94. The Morgan fingerprint density at radius 1 is 0.958 bits per heavy atom. The number of aromatic hydroxyl groups is 1. The topological polar surface area (TPSA) is 90.8 Å². The van der Waals surface area contributed by atoms with E-state index in [1.54, 1.807) is 12.1 Å². The molecule has 6 heteroatoms. The van der Waals surface area contributed by atoms with Crippen molar-refractivity contribution in [1.29, 1.82) is 0 Å². The SMILES string of the molecule is O=C(CCC(=O)N/N=C/c1ccc(O)cc1)NCc1ccccc1. The van der Waals surface area contributed by atoms with Crippen molar-refractivity contribution in [2.75, 3.05) is 0 Å². The molecule has 0 atom stereocenters. The zero-order chi connectivity index (χ0) is 17.2. The Balaban J connectivity index is 1.65. The summed E-state index contributed by atoms with van der Waals surface area (Å²) in [6.45, 7) is 0.445. The Labute approximate surface area is 140 Å². The van der Waals surface area contributed by atoms with Gasteiger partial charge in [-0.25, -0.2) is 5.43 Å². The Morgan fingerprint density at radius 2 is 1.62 bits per heavy atom. The molecule has 0 unspecified atom stereocenters. The van der Waals surface area contributed by atoms with Crippen molar-refractivity contribution < 1.29 is 14.7 Å². The van der Waals surface area contributed by atoms with E-state index >= 15 is 0 Å². The number of hydrogen-bond acceptors (Lipinski definition) is 4. The molecule has 0 spiro atoms. The largest absolute Gasteiger partial charge is 0.508 e. The Morgan fingerprint density at radius 3 is 2.33 bits per heavy atom. The number of carbonyl (C=O) groups excluding carboxylic acids is 2. The fourth-order valence-electron chi connectivity index (χ4n) is 1.91. The van der Waals surface area contributed by atoms with Crippen molar-refractivity contribution >= 4 is 18.0 Å². The third kappa shape index (κ3) is 6.31. The maximum absolute atomic E-state index is 11.7. The van der Waals surface area contributed by atoms with Gasteiger partial charge in [0.1, 0.15) is 5.75 Å². The quantitative estimate of drug-likeness (QED) is 0.537. The van der Waals surface area contributed by atoms with Gasteiger partial charge in [-0.1, -0.05) is 30.3 Å². The summed E-state index contributed by atoms with van der Waals surface area (Å²) in [6, 6.07) is 16.0. The Bertz CT molecular complexity index is 697. The highest BCUT2D eigenvalue weighted by atomic mass is 16.3. The molecule has 0 fully saturated rings. The summed E-state index contributed by atoms with van der Waals surface area (Å²) in [7, 11) is 0. The second-order valence-electron chi connectivity index (χ2n) is 5.15. The lowest BCUT2D eigenvalue weighted by Crippen LogP contribution is -2.25. The lowest BCUT2D eigenvalue weighted by Gasteiger charge is -2.04. The number of benzene rings is 2. The number of hydrazone groups is 1. The molecule has 2 aromatic carbocycles. The van der Waals surface area contributed by atoms with E-state index in [0.717, 1.165) is 11.1 Å². The van der Waals surface area contributed by atoms with Gasteiger partial charge in [0.05, 0.1) is 6.21 Å². The predicted molar refractivity (Wildman–Crippen MR) is 91.4 cm³/mol. The summed E-state index contributed by atoms with van der Waals surface area (Å²) in [6.07, 6.45) is 1.63. The second-order valence-corrected chi connectivity index (χ2v) is 5.15. The lowest BCUT2D eigenvalue weighted by atomic mass is 10.2. The molecule has 24 heavy (non-hydrogen) atoms. The lowest BCUT2D eigenvalue weighted by molar-refractivity contribution is -0.126. The molecule has 0 aliphatic rings. The minimum atomic E-state index is -0.333. The van der Waals surface area contributed by atoms with Crippen molar-refractivity contribution in [3.05, 3.63) is 65.7 Å². The number of nitrogens with zero attached hydrogens (tertiary/aromatic N) is 1. The average molecular weight is 325 g/mol. The van der Waals surface area contributed by atoms with Gasteiger partial charge in [0, 0.05) is 19.4 Å². The highest BCUT2D eigenvalue weighted by Gasteiger charge is 2.06. The van der Waals surface area contributed by atoms with E-state index in [1.807, 2.05) is 30.3 Å². The van der Waals surface area contributed by atoms with Crippen LogP contribution in [0.25, 0.3) is 0 Å².